The number of hydrogen-bond donors (Lipinski definition) is 0. The first-order chi connectivity index (χ1) is 9.10. The Morgan fingerprint density at radius 3 is 2.47 bits per heavy atom. The Morgan fingerprint density at radius 1 is 1.21 bits per heavy atom. The number of methoxy groups -OCH3 is 1. The average Bonchev–Trinajstić information content (AvgIpc) is 2.42. The van der Waals surface area contributed by atoms with E-state index in [1.165, 1.54) is 7.11 Å². The molecule has 0 aliphatic carbocycles. The molecule has 2 aromatic rings. The molecule has 0 spiro atoms. The van der Waals surface area contributed by atoms with Crippen molar-refractivity contribution in [3.8, 4) is 0 Å². The molecule has 1 heterocycles. The van der Waals surface area contributed by atoms with Crippen LogP contribution in [0.4, 0.5) is 0 Å². The van der Waals surface area contributed by atoms with Gasteiger partial charge in [0.25, 0.3) is 5.56 Å². The van der Waals surface area contributed by atoms with Crippen LogP contribution in [0.3, 0.4) is 0 Å². The number of esters is 1. The summed E-state index contributed by atoms with van der Waals surface area (Å²) < 4.78 is 6.26. The molecule has 0 bridgehead atoms. The third-order valence-electron chi connectivity index (χ3n) is 2.88. The predicted octanol–water partition coefficient (Wildman–Crippen LogP) is 1.99. The van der Waals surface area contributed by atoms with E-state index >= 15 is 0 Å². The molecule has 0 saturated heterocycles. The highest BCUT2D eigenvalue weighted by atomic mass is 16.5. The highest BCUT2D eigenvalue weighted by molar-refractivity contribution is 5.89. The van der Waals surface area contributed by atoms with E-state index in [-0.39, 0.29) is 11.5 Å². The summed E-state index contributed by atoms with van der Waals surface area (Å²) in [6.07, 6.45) is 1.77. The predicted molar refractivity (Wildman–Crippen MR) is 72.3 cm³/mol. The summed E-state index contributed by atoms with van der Waals surface area (Å²) in [5, 5.41) is 0. The summed E-state index contributed by atoms with van der Waals surface area (Å²) in [5.41, 5.74) is 2.38. The molecule has 19 heavy (non-hydrogen) atoms. The van der Waals surface area contributed by atoms with Gasteiger partial charge in [-0.2, -0.15) is 0 Å². The Hall–Kier alpha value is -2.36. The smallest absolute Gasteiger partial charge is 0.337 e. The summed E-state index contributed by atoms with van der Waals surface area (Å²) in [6.45, 7) is 2.37. The van der Waals surface area contributed by atoms with Crippen molar-refractivity contribution in [3.05, 3.63) is 69.6 Å². The van der Waals surface area contributed by atoms with Gasteiger partial charge in [-0.05, 0) is 36.2 Å². The summed E-state index contributed by atoms with van der Waals surface area (Å²) in [7, 11) is 1.35. The molecule has 0 aliphatic rings. The van der Waals surface area contributed by atoms with Crippen LogP contribution >= 0.6 is 0 Å². The van der Waals surface area contributed by atoms with Gasteiger partial charge in [0.05, 0.1) is 19.2 Å². The molecular weight excluding hydrogens is 242 g/mol. The second-order valence-corrected chi connectivity index (χ2v) is 4.36. The maximum atomic E-state index is 11.8. The van der Waals surface area contributed by atoms with E-state index in [9.17, 15) is 9.59 Å². The minimum Gasteiger partial charge on any atom is -0.465 e. The van der Waals surface area contributed by atoms with Gasteiger partial charge >= 0.3 is 5.97 Å². The maximum Gasteiger partial charge on any atom is 0.337 e. The number of ether oxygens (including phenoxy) is 1. The van der Waals surface area contributed by atoms with Gasteiger partial charge in [-0.3, -0.25) is 4.79 Å². The minimum absolute atomic E-state index is 0.0305. The minimum atomic E-state index is -0.362. The lowest BCUT2D eigenvalue weighted by Gasteiger charge is -2.06. The van der Waals surface area contributed by atoms with E-state index in [1.807, 2.05) is 25.1 Å². The molecule has 98 valence electrons. The number of carbonyl (C=O) groups is 1. The third-order valence-corrected chi connectivity index (χ3v) is 2.88. The molecule has 0 fully saturated rings. The van der Waals surface area contributed by atoms with Crippen LogP contribution in [0, 0.1) is 6.92 Å². The van der Waals surface area contributed by atoms with Gasteiger partial charge in [-0.25, -0.2) is 4.79 Å². The van der Waals surface area contributed by atoms with Gasteiger partial charge < -0.3 is 9.30 Å². The zero-order valence-corrected chi connectivity index (χ0v) is 10.9. The Kier molecular flexibility index (Phi) is 3.80. The molecule has 4 heteroatoms. The molecule has 0 N–H and O–H groups in total. The normalized spacial score (nSPS) is 10.2. The largest absolute Gasteiger partial charge is 0.465 e. The standard InChI is InChI=1S/C15H15NO3/c1-11-7-8-16(14(17)9-11)10-12-3-5-13(6-4-12)15(18)19-2/h3-9H,10H2,1-2H3. The summed E-state index contributed by atoms with van der Waals surface area (Å²) in [6, 6.07) is 10.5. The van der Waals surface area contributed by atoms with Crippen LogP contribution in [0.15, 0.2) is 47.4 Å². The molecule has 0 aliphatic heterocycles. The van der Waals surface area contributed by atoms with Gasteiger partial charge in [-0.1, -0.05) is 12.1 Å². The van der Waals surface area contributed by atoms with Gasteiger partial charge in [-0.15, -0.1) is 0 Å². The third kappa shape index (κ3) is 3.10. The van der Waals surface area contributed by atoms with Crippen molar-refractivity contribution in [3.63, 3.8) is 0 Å². The Morgan fingerprint density at radius 2 is 1.89 bits per heavy atom. The average molecular weight is 257 g/mol. The van der Waals surface area contributed by atoms with Crippen LogP contribution < -0.4 is 5.56 Å². The lowest BCUT2D eigenvalue weighted by atomic mass is 10.1. The number of benzene rings is 1. The molecule has 4 nitrogen and oxygen atoms in total. The number of pyridine rings is 1. The van der Waals surface area contributed by atoms with Gasteiger partial charge in [0, 0.05) is 12.3 Å². The highest BCUT2D eigenvalue weighted by Crippen LogP contribution is 2.07. The van der Waals surface area contributed by atoms with Gasteiger partial charge in [0.15, 0.2) is 0 Å². The zero-order valence-electron chi connectivity index (χ0n) is 10.9. The van der Waals surface area contributed by atoms with E-state index in [2.05, 4.69) is 4.74 Å². The fraction of sp³-hybridized carbons (Fsp3) is 0.200. The number of hydrogen-bond acceptors (Lipinski definition) is 3. The zero-order chi connectivity index (χ0) is 13.8. The van der Waals surface area contributed by atoms with Crippen molar-refractivity contribution in [1.82, 2.24) is 4.57 Å². The van der Waals surface area contributed by atoms with Crippen molar-refractivity contribution in [1.29, 1.82) is 0 Å². The quantitative estimate of drug-likeness (QED) is 0.790. The Bertz CT molecular complexity index is 641. The van der Waals surface area contributed by atoms with Crippen molar-refractivity contribution in [2.45, 2.75) is 13.5 Å². The first-order valence-electron chi connectivity index (χ1n) is 5.94. The lowest BCUT2D eigenvalue weighted by Crippen LogP contribution is -2.19. The molecule has 0 radical (unpaired) electrons. The van der Waals surface area contributed by atoms with E-state index in [0.717, 1.165) is 11.1 Å². The Labute approximate surface area is 111 Å². The first-order valence-corrected chi connectivity index (χ1v) is 5.94. The second-order valence-electron chi connectivity index (χ2n) is 4.36. The summed E-state index contributed by atoms with van der Waals surface area (Å²) >= 11 is 0. The maximum absolute atomic E-state index is 11.8. The first kappa shape index (κ1) is 13.1. The highest BCUT2D eigenvalue weighted by Gasteiger charge is 2.04. The van der Waals surface area contributed by atoms with Gasteiger partial charge in [0.1, 0.15) is 0 Å². The van der Waals surface area contributed by atoms with Crippen molar-refractivity contribution >= 4 is 5.97 Å². The molecule has 0 saturated carbocycles. The summed E-state index contributed by atoms with van der Waals surface area (Å²) in [5.74, 6) is -0.362. The molecule has 0 unspecified atom stereocenters. The van der Waals surface area contributed by atoms with Crippen LogP contribution in [0.2, 0.25) is 0 Å². The monoisotopic (exact) mass is 257 g/mol. The van der Waals surface area contributed by atoms with E-state index in [4.69, 9.17) is 0 Å². The van der Waals surface area contributed by atoms with Crippen LogP contribution in [0.5, 0.6) is 0 Å². The van der Waals surface area contributed by atoms with Crippen molar-refractivity contribution < 1.29 is 9.53 Å². The molecular formula is C15H15NO3. The molecule has 1 aromatic heterocycles. The number of aryl methyl sites for hydroxylation is 1. The second kappa shape index (κ2) is 5.52. The van der Waals surface area contributed by atoms with E-state index < -0.39 is 0 Å². The van der Waals surface area contributed by atoms with Crippen LogP contribution in [-0.4, -0.2) is 17.6 Å². The van der Waals surface area contributed by atoms with Crippen molar-refractivity contribution in [2.75, 3.05) is 7.11 Å². The van der Waals surface area contributed by atoms with Crippen LogP contribution in [-0.2, 0) is 11.3 Å². The molecule has 0 atom stereocenters. The number of nitrogens with zero attached hydrogens (tertiary/aromatic N) is 1. The molecule has 2 rings (SSSR count). The van der Waals surface area contributed by atoms with Crippen molar-refractivity contribution in [2.24, 2.45) is 0 Å². The molecule has 1 aromatic carbocycles. The topological polar surface area (TPSA) is 48.3 Å². The fourth-order valence-electron chi connectivity index (χ4n) is 1.80. The van der Waals surface area contributed by atoms with E-state index in [1.54, 1.807) is 29.0 Å². The van der Waals surface area contributed by atoms with E-state index in [0.29, 0.717) is 12.1 Å². The SMILES string of the molecule is COC(=O)c1ccc(Cn2ccc(C)cc2=O)cc1. The number of carbonyl (C=O) groups excluding carboxylic acids is 1. The molecule has 0 amide bonds. The lowest BCUT2D eigenvalue weighted by molar-refractivity contribution is 0.0600. The van der Waals surface area contributed by atoms with Gasteiger partial charge in [0.2, 0.25) is 0 Å². The number of rotatable bonds is 3. The summed E-state index contributed by atoms with van der Waals surface area (Å²) in [4.78, 5) is 23.1. The van der Waals surface area contributed by atoms with Crippen LogP contribution in [0.1, 0.15) is 21.5 Å². The number of aromatic nitrogens is 1. The van der Waals surface area contributed by atoms with Crippen LogP contribution in [0.25, 0.3) is 0 Å². The fourth-order valence-corrected chi connectivity index (χ4v) is 1.80. The Balaban J connectivity index is 2.20.